The zero-order valence-corrected chi connectivity index (χ0v) is 72.4. The number of carbonyl (C=O) groups is 5. The van der Waals surface area contributed by atoms with Crippen LogP contribution in [0.25, 0.3) is 0 Å². The monoisotopic (exact) mass is 1620 g/mol. The normalized spacial score (nSPS) is 9.87. The van der Waals surface area contributed by atoms with Crippen molar-refractivity contribution in [1.29, 1.82) is 0 Å². The Morgan fingerprint density at radius 2 is 0.764 bits per heavy atom. The maximum absolute atomic E-state index is 11.7. The molecular weight excluding hydrogens is 1480 g/mol. The van der Waals surface area contributed by atoms with E-state index in [4.69, 9.17) is 88.8 Å². The second-order valence-electron chi connectivity index (χ2n) is 22.3. The van der Waals surface area contributed by atoms with Crippen molar-refractivity contribution in [2.75, 3.05) is 77.8 Å². The average Bonchev–Trinajstić information content (AvgIpc) is 0.876. The quantitative estimate of drug-likeness (QED) is 0.00436. The van der Waals surface area contributed by atoms with Crippen molar-refractivity contribution in [1.82, 2.24) is 0 Å². The van der Waals surface area contributed by atoms with Crippen LogP contribution >= 0.6 is 33.9 Å². The molecule has 0 aromatic heterocycles. The first-order valence-electron chi connectivity index (χ1n) is 35.6. The molecule has 0 fully saturated rings. The van der Waals surface area contributed by atoms with Crippen molar-refractivity contribution in [3.05, 3.63) is 134 Å². The smallest absolute Gasteiger partial charge is 0.850 e. The maximum atomic E-state index is 11.7. The molecule has 0 unspecified atom stereocenters. The Morgan fingerprint density at radius 3 is 1.04 bits per heavy atom. The van der Waals surface area contributed by atoms with Crippen molar-refractivity contribution in [2.24, 2.45) is 0 Å². The van der Waals surface area contributed by atoms with Gasteiger partial charge in [-0.15, -0.1) is 48.5 Å². The third-order valence-electron chi connectivity index (χ3n) is 10.6. The average molecular weight is 1620 g/mol. The van der Waals surface area contributed by atoms with Gasteiger partial charge in [-0.25, -0.2) is 8.42 Å². The van der Waals surface area contributed by atoms with E-state index in [2.05, 4.69) is 82.5 Å². The number of carboxylic acid groups (broad SMARTS) is 2. The molecule has 0 amide bonds. The first kappa shape index (κ1) is 128. The molecule has 0 saturated carbocycles. The summed E-state index contributed by atoms with van der Waals surface area (Å²) in [5.74, 6) is -1.16. The summed E-state index contributed by atoms with van der Waals surface area (Å²) in [6.07, 6.45) is 38.5. The fraction of sp³-hybridized carbons (Fsp3) is 0.628. The molecule has 0 radical (unpaired) electrons. The van der Waals surface area contributed by atoms with Crippen LogP contribution in [0.5, 0.6) is 0 Å². The molecule has 0 heterocycles. The first-order chi connectivity index (χ1) is 49.6. The third-order valence-corrected chi connectivity index (χ3v) is 13.8. The summed E-state index contributed by atoms with van der Waals surface area (Å²) < 4.78 is 59.1. The first-order valence-corrected chi connectivity index (χ1v) is 40.4. The number of benzene rings is 2. The van der Waals surface area contributed by atoms with Crippen molar-refractivity contribution >= 4 is 83.2 Å². The van der Waals surface area contributed by atoms with Gasteiger partial charge in [-0.1, -0.05) is 139 Å². The standard InChI is InChI=1S/C12H18O4S.C9H16O2.C7H7ClO2S.C7H12O2.C7H14O.C7H12O.C5H8O4.C5H12O2.C5H10O.C4H9O.C4H8.2C3H7ClO.Na/c1-11-5-7-12(8-6-11)17(14,15)16-10-4-2-3-9-13;1-3-4-5-6-7-8-11-9(2)10;1-6-2-4-7(5-3-6)11(8,9)10;1-3-4-5-6-9-7(2)8;2*1-2-3-4-5-6-7-8;6-4(7)2-1-3-5(8)9;6-4-2-1-3-5-7;1-2-3-4-5-6;1-4(2,3)5;1-3-4-2;2*4-2-1-3-5;/h5-8,13H,2-4,9-10H2,1H3;4-5H,3,6-8H2,1-2H3;2-5H,1H3;3H,1,4-6H2,2H3;3-4,8H,2,5-7H2,1H3;3-4,7H,2,5-6H2,1H3;1-3H2,(H,6,7)(H,8,9);6-7H,1-5H2;2,6H,1,3-5H2;1-3H3;3H,1,4H2,2H3;2*5H,1-3H2;/q;;;;;;;;;-1;;;;+1/b;5-4-;;;2*4-3-;;;;;;;;. The number of carbonyl (C=O) groups excluding carboxylic acids is 3. The molecule has 28 heteroatoms. The number of allylic oxidation sites excluding steroid dienone is 9. The van der Waals surface area contributed by atoms with Crippen molar-refractivity contribution in [2.45, 2.75) is 252 Å². The molecule has 9 N–H and O–H groups in total. The van der Waals surface area contributed by atoms with E-state index in [0.717, 1.165) is 127 Å². The summed E-state index contributed by atoms with van der Waals surface area (Å²) in [7, 11) is -2.09. The van der Waals surface area contributed by atoms with Crippen molar-refractivity contribution < 1.29 is 135 Å². The Bertz CT molecular complexity index is 2450. The number of aliphatic hydroxyl groups excluding tert-OH is 7. The van der Waals surface area contributed by atoms with E-state index in [-0.39, 0.29) is 117 Å². The minimum Gasteiger partial charge on any atom is -0.850 e. The second-order valence-corrected chi connectivity index (χ2v) is 27.2. The molecule has 22 nitrogen and oxygen atoms in total. The summed E-state index contributed by atoms with van der Waals surface area (Å²) >= 11 is 10.3. The van der Waals surface area contributed by atoms with Gasteiger partial charge in [-0.3, -0.25) is 23.4 Å². The molecular formula is C78H140Cl3NaO22S2. The fourth-order valence-corrected chi connectivity index (χ4v) is 7.22. The zero-order chi connectivity index (χ0) is 83.1. The number of aliphatic hydroxyl groups is 7. The fourth-order valence-electron chi connectivity index (χ4n) is 5.27. The summed E-state index contributed by atoms with van der Waals surface area (Å²) in [5, 5.41) is 83.6. The Kier molecular flexibility index (Phi) is 132. The number of aldehydes is 1. The zero-order valence-electron chi connectivity index (χ0n) is 66.5. The molecule has 2 aromatic rings. The van der Waals surface area contributed by atoms with E-state index >= 15 is 0 Å². The third kappa shape index (κ3) is 161. The van der Waals surface area contributed by atoms with Gasteiger partial charge in [0.05, 0.1) is 29.6 Å². The van der Waals surface area contributed by atoms with E-state index in [1.807, 2.05) is 32.1 Å². The van der Waals surface area contributed by atoms with Gasteiger partial charge >= 0.3 is 53.4 Å². The van der Waals surface area contributed by atoms with E-state index in [9.17, 15) is 45.9 Å². The van der Waals surface area contributed by atoms with Crippen LogP contribution in [0, 0.1) is 13.8 Å². The predicted octanol–water partition coefficient (Wildman–Crippen LogP) is 12.6. The topological polar surface area (TPSA) is 386 Å². The predicted molar refractivity (Wildman–Crippen MR) is 430 cm³/mol. The van der Waals surface area contributed by atoms with Gasteiger partial charge in [0, 0.05) is 102 Å². The number of hydrogen-bond donors (Lipinski definition) is 9. The molecule has 0 aliphatic heterocycles. The van der Waals surface area contributed by atoms with E-state index < -0.39 is 36.7 Å². The van der Waals surface area contributed by atoms with Gasteiger partial charge in [-0.05, 0) is 179 Å². The van der Waals surface area contributed by atoms with Gasteiger partial charge in [0.2, 0.25) is 0 Å². The van der Waals surface area contributed by atoms with Crippen LogP contribution < -0.4 is 34.7 Å². The molecule has 0 aliphatic carbocycles. The Balaban J connectivity index is -0.0000000920. The number of halogens is 3. The van der Waals surface area contributed by atoms with Crippen LogP contribution in [0.2, 0.25) is 0 Å². The number of carboxylic acids is 2. The van der Waals surface area contributed by atoms with Crippen LogP contribution in [0.15, 0.2) is 133 Å². The van der Waals surface area contributed by atoms with Gasteiger partial charge in [0.15, 0.2) is 0 Å². The number of hydrogen-bond acceptors (Lipinski definition) is 20. The minimum atomic E-state index is -3.63. The van der Waals surface area contributed by atoms with Crippen LogP contribution in [0.4, 0.5) is 0 Å². The van der Waals surface area contributed by atoms with Gasteiger partial charge in [0.25, 0.3) is 19.2 Å². The van der Waals surface area contributed by atoms with E-state index in [1.165, 1.54) is 26.0 Å². The van der Waals surface area contributed by atoms with Gasteiger partial charge in [-0.2, -0.15) is 8.42 Å². The number of aliphatic carboxylic acids is 2. The molecule has 0 saturated heterocycles. The van der Waals surface area contributed by atoms with Crippen LogP contribution in [0.1, 0.15) is 234 Å². The van der Waals surface area contributed by atoms with Crippen LogP contribution in [-0.4, -0.2) is 176 Å². The summed E-state index contributed by atoms with van der Waals surface area (Å²) in [4.78, 5) is 50.1. The summed E-state index contributed by atoms with van der Waals surface area (Å²) in [6, 6.07) is 12.9. The number of alkyl halides is 2. The van der Waals surface area contributed by atoms with E-state index in [0.29, 0.717) is 63.7 Å². The molecule has 0 bridgehead atoms. The van der Waals surface area contributed by atoms with Crippen molar-refractivity contribution in [3.8, 4) is 0 Å². The number of aryl methyl sites for hydroxylation is 2. The Hall–Kier alpha value is -4.16. The van der Waals surface area contributed by atoms with Crippen LogP contribution in [-0.2, 0) is 56.8 Å². The second kappa shape index (κ2) is 109. The molecule has 2 rings (SSSR count). The van der Waals surface area contributed by atoms with Gasteiger partial charge < -0.3 is 65.3 Å². The van der Waals surface area contributed by atoms with Gasteiger partial charge in [0.1, 0.15) is 6.29 Å². The number of esters is 2. The molecule has 0 aliphatic rings. The van der Waals surface area contributed by atoms with E-state index in [1.54, 1.807) is 63.2 Å². The molecule has 106 heavy (non-hydrogen) atoms. The maximum Gasteiger partial charge on any atom is 1.00 e. The number of unbranched alkanes of at least 4 members (excludes halogenated alkanes) is 9. The molecule has 2 aromatic carbocycles. The largest absolute Gasteiger partial charge is 1.00 e. The van der Waals surface area contributed by atoms with Crippen LogP contribution in [0.3, 0.4) is 0 Å². The Labute approximate surface area is 677 Å². The Morgan fingerprint density at radius 1 is 0.453 bits per heavy atom. The number of ether oxygens (including phenoxy) is 2. The molecule has 0 spiro atoms. The summed E-state index contributed by atoms with van der Waals surface area (Å²) in [6.45, 7) is 33.2. The SMILES string of the molecule is C=CCC.C=CCCCO.C=CCCCOC(C)=O.CC(C)(C)[O-].CC/C=C\CCC=O.CC/C=C\CCCO.CC/C=C\CCCOC(C)=O.Cc1ccc(S(=O)(=O)Cl)cc1.Cc1ccc(S(=O)(=O)OCCCCCO)cc1.O=C(O)CCCC(=O)O.OCCCCCO.OCCCCl.OCCCCl.[Na+]. The number of rotatable bonds is 41. The minimum absolute atomic E-state index is 0. The molecule has 618 valence electrons. The van der Waals surface area contributed by atoms with Crippen molar-refractivity contribution in [3.63, 3.8) is 0 Å². The molecule has 0 atom stereocenters. The summed E-state index contributed by atoms with van der Waals surface area (Å²) in [5.41, 5.74) is 1.26.